The molecule has 1 aromatic carbocycles. The Hall–Kier alpha value is -1.42. The summed E-state index contributed by atoms with van der Waals surface area (Å²) in [6.45, 7) is 5.20. The highest BCUT2D eigenvalue weighted by molar-refractivity contribution is 5.78. The van der Waals surface area contributed by atoms with Crippen molar-refractivity contribution < 1.29 is 13.9 Å². The summed E-state index contributed by atoms with van der Waals surface area (Å²) in [5, 5.41) is 2.94. The average molecular weight is 279 g/mol. The van der Waals surface area contributed by atoms with E-state index in [-0.39, 0.29) is 23.2 Å². The van der Waals surface area contributed by atoms with Crippen molar-refractivity contribution in [2.75, 3.05) is 13.2 Å². The van der Waals surface area contributed by atoms with E-state index in [1.54, 1.807) is 6.07 Å². The number of hydrogen-bond donors (Lipinski definition) is 1. The highest BCUT2D eigenvalue weighted by atomic mass is 19.1. The largest absolute Gasteiger partial charge is 0.376 e. The van der Waals surface area contributed by atoms with Gasteiger partial charge in [0.1, 0.15) is 5.82 Å². The molecule has 0 aliphatic carbocycles. The van der Waals surface area contributed by atoms with Crippen molar-refractivity contribution >= 4 is 5.91 Å². The lowest BCUT2D eigenvalue weighted by atomic mass is 9.88. The first-order chi connectivity index (χ1) is 9.46. The van der Waals surface area contributed by atoms with Gasteiger partial charge in [-0.2, -0.15) is 0 Å². The predicted octanol–water partition coefficient (Wildman–Crippen LogP) is 2.69. The second kappa shape index (κ2) is 6.35. The number of carbonyl (C=O) groups excluding carboxylic acids is 1. The minimum absolute atomic E-state index is 0.0197. The number of nitrogens with one attached hydrogen (secondary N) is 1. The van der Waals surface area contributed by atoms with Crippen molar-refractivity contribution in [3.63, 3.8) is 0 Å². The van der Waals surface area contributed by atoms with Crippen LogP contribution in [0.3, 0.4) is 0 Å². The van der Waals surface area contributed by atoms with Crippen LogP contribution in [-0.2, 0) is 16.0 Å². The Morgan fingerprint density at radius 2 is 2.30 bits per heavy atom. The van der Waals surface area contributed by atoms with Crippen LogP contribution in [0.4, 0.5) is 4.39 Å². The molecule has 4 heteroatoms. The van der Waals surface area contributed by atoms with Crippen molar-refractivity contribution in [3.05, 3.63) is 35.6 Å². The number of amides is 1. The van der Waals surface area contributed by atoms with Gasteiger partial charge in [-0.05, 0) is 50.8 Å². The molecule has 1 N–H and O–H groups in total. The van der Waals surface area contributed by atoms with Crippen LogP contribution < -0.4 is 5.32 Å². The van der Waals surface area contributed by atoms with Crippen LogP contribution in [0.15, 0.2) is 24.3 Å². The Balaban J connectivity index is 1.78. The van der Waals surface area contributed by atoms with Gasteiger partial charge in [-0.3, -0.25) is 4.79 Å². The molecule has 2 rings (SSSR count). The summed E-state index contributed by atoms with van der Waals surface area (Å²) in [5.41, 5.74) is 0.681. The minimum atomic E-state index is -0.236. The van der Waals surface area contributed by atoms with E-state index in [0.29, 0.717) is 19.6 Å². The second-order valence-corrected chi connectivity index (χ2v) is 5.97. The first-order valence-electron chi connectivity index (χ1n) is 7.12. The van der Waals surface area contributed by atoms with Crippen molar-refractivity contribution in [3.8, 4) is 0 Å². The molecule has 110 valence electrons. The van der Waals surface area contributed by atoms with Crippen LogP contribution in [0.1, 0.15) is 32.3 Å². The predicted molar refractivity (Wildman–Crippen MR) is 75.9 cm³/mol. The standard InChI is InChI=1S/C16H22FNO2/c1-16(2)11-13(7-9-20-16)15(19)18-8-6-12-4-3-5-14(17)10-12/h3-5,10,13H,6-9,11H2,1-2H3,(H,18,19). The zero-order chi connectivity index (χ0) is 14.6. The van der Waals surface area contributed by atoms with Crippen LogP contribution in [0.25, 0.3) is 0 Å². The molecule has 1 aliphatic rings. The molecule has 0 saturated carbocycles. The number of rotatable bonds is 4. The maximum atomic E-state index is 13.0. The summed E-state index contributed by atoms with van der Waals surface area (Å²) in [6.07, 6.45) is 2.17. The van der Waals surface area contributed by atoms with Crippen molar-refractivity contribution in [2.24, 2.45) is 5.92 Å². The van der Waals surface area contributed by atoms with Gasteiger partial charge < -0.3 is 10.1 Å². The molecule has 0 spiro atoms. The maximum Gasteiger partial charge on any atom is 0.223 e. The molecule has 0 aromatic heterocycles. The maximum absolute atomic E-state index is 13.0. The molecule has 1 aliphatic heterocycles. The van der Waals surface area contributed by atoms with Crippen molar-refractivity contribution in [1.82, 2.24) is 5.32 Å². The highest BCUT2D eigenvalue weighted by Gasteiger charge is 2.32. The van der Waals surface area contributed by atoms with Crippen LogP contribution in [0, 0.1) is 11.7 Å². The zero-order valence-corrected chi connectivity index (χ0v) is 12.1. The third kappa shape index (κ3) is 4.30. The molecule has 1 saturated heterocycles. The monoisotopic (exact) mass is 279 g/mol. The Morgan fingerprint density at radius 3 is 3.00 bits per heavy atom. The molecule has 3 nitrogen and oxygen atoms in total. The van der Waals surface area contributed by atoms with E-state index in [0.717, 1.165) is 18.4 Å². The lowest BCUT2D eigenvalue weighted by Gasteiger charge is -2.34. The van der Waals surface area contributed by atoms with Gasteiger partial charge in [0.25, 0.3) is 0 Å². The summed E-state index contributed by atoms with van der Waals surface area (Å²) in [6, 6.07) is 6.48. The summed E-state index contributed by atoms with van der Waals surface area (Å²) in [4.78, 5) is 12.1. The van der Waals surface area contributed by atoms with E-state index < -0.39 is 0 Å². The van der Waals surface area contributed by atoms with Crippen LogP contribution in [-0.4, -0.2) is 24.7 Å². The van der Waals surface area contributed by atoms with E-state index in [4.69, 9.17) is 4.74 Å². The number of ether oxygens (including phenoxy) is 1. The number of halogens is 1. The van der Waals surface area contributed by atoms with Gasteiger partial charge in [0.2, 0.25) is 5.91 Å². The van der Waals surface area contributed by atoms with Crippen molar-refractivity contribution in [2.45, 2.75) is 38.7 Å². The molecule has 20 heavy (non-hydrogen) atoms. The molecule has 1 fully saturated rings. The first-order valence-corrected chi connectivity index (χ1v) is 7.12. The minimum Gasteiger partial charge on any atom is -0.376 e. The van der Waals surface area contributed by atoms with Crippen molar-refractivity contribution in [1.29, 1.82) is 0 Å². The van der Waals surface area contributed by atoms with E-state index in [2.05, 4.69) is 5.32 Å². The Labute approximate surface area is 119 Å². The summed E-state index contributed by atoms with van der Waals surface area (Å²) in [5.74, 6) is -0.135. The normalized spacial score (nSPS) is 21.4. The lowest BCUT2D eigenvalue weighted by molar-refractivity contribution is -0.135. The Kier molecular flexibility index (Phi) is 4.76. The molecule has 1 unspecified atom stereocenters. The topological polar surface area (TPSA) is 38.3 Å². The number of benzene rings is 1. The van der Waals surface area contributed by atoms with Gasteiger partial charge in [0.05, 0.1) is 5.60 Å². The van der Waals surface area contributed by atoms with Gasteiger partial charge in [0, 0.05) is 19.1 Å². The van der Waals surface area contributed by atoms with E-state index in [1.165, 1.54) is 12.1 Å². The number of hydrogen-bond acceptors (Lipinski definition) is 2. The Bertz CT molecular complexity index is 473. The first kappa shape index (κ1) is 15.0. The molecular weight excluding hydrogens is 257 g/mol. The zero-order valence-electron chi connectivity index (χ0n) is 12.1. The quantitative estimate of drug-likeness (QED) is 0.920. The molecule has 1 atom stereocenters. The lowest BCUT2D eigenvalue weighted by Crippen LogP contribution is -2.41. The third-order valence-corrected chi connectivity index (χ3v) is 3.67. The van der Waals surface area contributed by atoms with Gasteiger partial charge in [0.15, 0.2) is 0 Å². The summed E-state index contributed by atoms with van der Waals surface area (Å²) < 4.78 is 18.6. The van der Waals surface area contributed by atoms with Crippen LogP contribution in [0.5, 0.6) is 0 Å². The van der Waals surface area contributed by atoms with E-state index in [1.807, 2.05) is 19.9 Å². The van der Waals surface area contributed by atoms with Gasteiger partial charge in [-0.1, -0.05) is 12.1 Å². The second-order valence-electron chi connectivity index (χ2n) is 5.97. The molecule has 1 heterocycles. The fraction of sp³-hybridized carbons (Fsp3) is 0.562. The Morgan fingerprint density at radius 1 is 1.50 bits per heavy atom. The fourth-order valence-electron chi connectivity index (χ4n) is 2.62. The number of carbonyl (C=O) groups is 1. The molecular formula is C16H22FNO2. The smallest absolute Gasteiger partial charge is 0.223 e. The molecule has 1 amide bonds. The van der Waals surface area contributed by atoms with E-state index in [9.17, 15) is 9.18 Å². The average Bonchev–Trinajstić information content (AvgIpc) is 2.37. The molecule has 0 bridgehead atoms. The molecule has 1 aromatic rings. The van der Waals surface area contributed by atoms with Gasteiger partial charge in [-0.25, -0.2) is 4.39 Å². The summed E-state index contributed by atoms with van der Waals surface area (Å²) >= 11 is 0. The molecule has 0 radical (unpaired) electrons. The SMILES string of the molecule is CC1(C)CC(C(=O)NCCc2cccc(F)c2)CCO1. The van der Waals surface area contributed by atoms with Crippen LogP contribution in [0.2, 0.25) is 0 Å². The summed E-state index contributed by atoms with van der Waals surface area (Å²) in [7, 11) is 0. The third-order valence-electron chi connectivity index (χ3n) is 3.67. The highest BCUT2D eigenvalue weighted by Crippen LogP contribution is 2.28. The fourth-order valence-corrected chi connectivity index (χ4v) is 2.62. The van der Waals surface area contributed by atoms with Gasteiger partial charge >= 0.3 is 0 Å². The van der Waals surface area contributed by atoms with E-state index >= 15 is 0 Å². The van der Waals surface area contributed by atoms with Gasteiger partial charge in [-0.15, -0.1) is 0 Å². The van der Waals surface area contributed by atoms with Crippen LogP contribution >= 0.6 is 0 Å².